The molecule has 0 N–H and O–H groups in total. The van der Waals surface area contributed by atoms with Crippen molar-refractivity contribution in [1.29, 1.82) is 5.26 Å². The molecule has 1 atom stereocenters. The van der Waals surface area contributed by atoms with E-state index < -0.39 is 0 Å². The van der Waals surface area contributed by atoms with Gasteiger partial charge in [-0.1, -0.05) is 30.5 Å². The Morgan fingerprint density at radius 1 is 1.25 bits per heavy atom. The second-order valence-corrected chi connectivity index (χ2v) is 5.74. The van der Waals surface area contributed by atoms with E-state index in [4.69, 9.17) is 0 Å². The largest absolute Gasteiger partial charge is 0.197 e. The van der Waals surface area contributed by atoms with E-state index in [-0.39, 0.29) is 5.25 Å². The van der Waals surface area contributed by atoms with E-state index >= 15 is 0 Å². The van der Waals surface area contributed by atoms with E-state index in [1.165, 1.54) is 36.1 Å². The summed E-state index contributed by atoms with van der Waals surface area (Å²) in [5, 5.41) is 9.38. The maximum Gasteiger partial charge on any atom is 0.0991 e. The average molecular weight is 231 g/mol. The molecule has 0 radical (unpaired) electrons. The number of aryl methyl sites for hydroxylation is 1. The van der Waals surface area contributed by atoms with Crippen LogP contribution in [0.4, 0.5) is 0 Å². The Hall–Kier alpha value is -0.940. The van der Waals surface area contributed by atoms with Crippen molar-refractivity contribution in [2.75, 3.05) is 0 Å². The molecule has 0 saturated heterocycles. The molecule has 0 aromatic heterocycles. The first kappa shape index (κ1) is 11.5. The molecule has 0 heterocycles. The zero-order valence-corrected chi connectivity index (χ0v) is 10.5. The molecule has 1 unspecified atom stereocenters. The van der Waals surface area contributed by atoms with Crippen LogP contribution in [0.3, 0.4) is 0 Å². The maximum absolute atomic E-state index is 9.23. The third-order valence-electron chi connectivity index (χ3n) is 3.24. The number of benzene rings is 1. The third-order valence-corrected chi connectivity index (χ3v) is 4.53. The quantitative estimate of drug-likeness (QED) is 0.729. The van der Waals surface area contributed by atoms with Gasteiger partial charge in [-0.05, 0) is 37.8 Å². The summed E-state index contributed by atoms with van der Waals surface area (Å²) in [6, 6.07) is 11.0. The summed E-state index contributed by atoms with van der Waals surface area (Å²) in [6.45, 7) is 2.09. The molecule has 1 saturated carbocycles. The van der Waals surface area contributed by atoms with E-state index in [1.54, 1.807) is 11.8 Å². The van der Waals surface area contributed by atoms with Gasteiger partial charge in [-0.15, -0.1) is 11.8 Å². The van der Waals surface area contributed by atoms with Gasteiger partial charge in [0.15, 0.2) is 0 Å². The Bertz CT molecular complexity index is 371. The van der Waals surface area contributed by atoms with Crippen LogP contribution in [-0.4, -0.2) is 5.25 Å². The first-order valence-corrected chi connectivity index (χ1v) is 6.80. The Labute approximate surface area is 102 Å². The van der Waals surface area contributed by atoms with Crippen molar-refractivity contribution >= 4 is 11.8 Å². The van der Waals surface area contributed by atoms with Gasteiger partial charge in [0.2, 0.25) is 0 Å². The van der Waals surface area contributed by atoms with Crippen LogP contribution in [0.25, 0.3) is 0 Å². The Morgan fingerprint density at radius 2 is 1.88 bits per heavy atom. The van der Waals surface area contributed by atoms with Gasteiger partial charge in [-0.3, -0.25) is 0 Å². The second kappa shape index (κ2) is 5.41. The average Bonchev–Trinajstić information content (AvgIpc) is 2.82. The van der Waals surface area contributed by atoms with Gasteiger partial charge in [0.25, 0.3) is 0 Å². The summed E-state index contributed by atoms with van der Waals surface area (Å²) in [4.78, 5) is 1.23. The summed E-state index contributed by atoms with van der Waals surface area (Å²) in [5.74, 6) is 0.608. The Kier molecular flexibility index (Phi) is 3.90. The summed E-state index contributed by atoms with van der Waals surface area (Å²) in [6.07, 6.45) is 5.07. The molecule has 0 bridgehead atoms. The minimum atomic E-state index is 0.144. The number of hydrogen-bond donors (Lipinski definition) is 0. The lowest BCUT2D eigenvalue weighted by Crippen LogP contribution is -2.11. The van der Waals surface area contributed by atoms with Crippen LogP contribution in [0.2, 0.25) is 0 Å². The van der Waals surface area contributed by atoms with Crippen LogP contribution in [0.5, 0.6) is 0 Å². The zero-order valence-electron chi connectivity index (χ0n) is 9.65. The van der Waals surface area contributed by atoms with Crippen LogP contribution in [0.15, 0.2) is 29.2 Å². The predicted molar refractivity (Wildman–Crippen MR) is 68.4 cm³/mol. The van der Waals surface area contributed by atoms with E-state index in [9.17, 15) is 5.26 Å². The number of nitrogens with zero attached hydrogens (tertiary/aromatic N) is 1. The molecule has 1 aromatic carbocycles. The fourth-order valence-corrected chi connectivity index (χ4v) is 3.36. The van der Waals surface area contributed by atoms with Gasteiger partial charge < -0.3 is 0 Å². The first-order valence-electron chi connectivity index (χ1n) is 5.92. The van der Waals surface area contributed by atoms with Crippen LogP contribution in [-0.2, 0) is 0 Å². The fraction of sp³-hybridized carbons (Fsp3) is 0.500. The highest BCUT2D eigenvalue weighted by atomic mass is 32.2. The monoisotopic (exact) mass is 231 g/mol. The van der Waals surface area contributed by atoms with Crippen molar-refractivity contribution in [2.24, 2.45) is 5.92 Å². The summed E-state index contributed by atoms with van der Waals surface area (Å²) in [5.41, 5.74) is 1.28. The van der Waals surface area contributed by atoms with Crippen molar-refractivity contribution in [3.8, 4) is 6.07 Å². The molecule has 0 aliphatic heterocycles. The van der Waals surface area contributed by atoms with Crippen LogP contribution in [0, 0.1) is 24.2 Å². The predicted octanol–water partition coefficient (Wildman–Crippen LogP) is 4.17. The molecule has 2 rings (SSSR count). The normalized spacial score (nSPS) is 18.2. The maximum atomic E-state index is 9.23. The summed E-state index contributed by atoms with van der Waals surface area (Å²) < 4.78 is 0. The molecule has 0 amide bonds. The molecule has 1 aromatic rings. The molecule has 1 aliphatic carbocycles. The third kappa shape index (κ3) is 2.80. The zero-order chi connectivity index (χ0) is 11.4. The SMILES string of the molecule is Cc1ccc(SC(C#N)C2CCCC2)cc1. The highest BCUT2D eigenvalue weighted by Gasteiger charge is 2.25. The molecule has 0 spiro atoms. The van der Waals surface area contributed by atoms with Crippen molar-refractivity contribution in [2.45, 2.75) is 42.8 Å². The van der Waals surface area contributed by atoms with E-state index in [0.29, 0.717) is 5.92 Å². The van der Waals surface area contributed by atoms with Gasteiger partial charge in [-0.25, -0.2) is 0 Å². The van der Waals surface area contributed by atoms with Crippen LogP contribution in [0.1, 0.15) is 31.2 Å². The highest BCUT2D eigenvalue weighted by Crippen LogP contribution is 2.36. The molecule has 1 nitrogen and oxygen atoms in total. The second-order valence-electron chi connectivity index (χ2n) is 4.53. The highest BCUT2D eigenvalue weighted by molar-refractivity contribution is 8.00. The molecule has 1 aliphatic rings. The Morgan fingerprint density at radius 3 is 2.44 bits per heavy atom. The number of rotatable bonds is 3. The Balaban J connectivity index is 2.01. The van der Waals surface area contributed by atoms with Gasteiger partial charge in [0, 0.05) is 4.90 Å². The molecular formula is C14H17NS. The van der Waals surface area contributed by atoms with E-state index in [2.05, 4.69) is 37.3 Å². The van der Waals surface area contributed by atoms with Crippen molar-refractivity contribution in [1.82, 2.24) is 0 Å². The summed E-state index contributed by atoms with van der Waals surface area (Å²) in [7, 11) is 0. The minimum absolute atomic E-state index is 0.144. The smallest absolute Gasteiger partial charge is 0.0991 e. The van der Waals surface area contributed by atoms with E-state index in [0.717, 1.165) is 0 Å². The topological polar surface area (TPSA) is 23.8 Å². The molecule has 1 fully saturated rings. The van der Waals surface area contributed by atoms with Gasteiger partial charge in [0.1, 0.15) is 0 Å². The molecule has 16 heavy (non-hydrogen) atoms. The van der Waals surface area contributed by atoms with Crippen LogP contribution >= 0.6 is 11.8 Å². The molecule has 2 heteroatoms. The van der Waals surface area contributed by atoms with Crippen molar-refractivity contribution in [3.05, 3.63) is 29.8 Å². The lowest BCUT2D eigenvalue weighted by molar-refractivity contribution is 0.575. The minimum Gasteiger partial charge on any atom is -0.197 e. The molecular weight excluding hydrogens is 214 g/mol. The van der Waals surface area contributed by atoms with Gasteiger partial charge in [0.05, 0.1) is 11.3 Å². The fourth-order valence-electron chi connectivity index (χ4n) is 2.25. The first-order chi connectivity index (χ1) is 7.79. The van der Waals surface area contributed by atoms with E-state index in [1.807, 2.05) is 0 Å². The summed E-state index contributed by atoms with van der Waals surface area (Å²) >= 11 is 1.73. The van der Waals surface area contributed by atoms with Gasteiger partial charge >= 0.3 is 0 Å². The standard InChI is InChI=1S/C14H17NS/c1-11-6-8-13(9-7-11)16-14(10-15)12-4-2-3-5-12/h6-9,12,14H,2-5H2,1H3. The number of thioether (sulfide) groups is 1. The van der Waals surface area contributed by atoms with Gasteiger partial charge in [-0.2, -0.15) is 5.26 Å². The van der Waals surface area contributed by atoms with Crippen molar-refractivity contribution < 1.29 is 0 Å². The van der Waals surface area contributed by atoms with Crippen molar-refractivity contribution in [3.63, 3.8) is 0 Å². The lowest BCUT2D eigenvalue weighted by Gasteiger charge is -2.15. The van der Waals surface area contributed by atoms with Crippen LogP contribution < -0.4 is 0 Å². The lowest BCUT2D eigenvalue weighted by atomic mass is 10.1. The molecule has 84 valence electrons. The number of hydrogen-bond acceptors (Lipinski definition) is 2. The number of nitriles is 1.